The summed E-state index contributed by atoms with van der Waals surface area (Å²) in [6, 6.07) is 29.4. The van der Waals surface area contributed by atoms with Crippen LogP contribution in [0.15, 0.2) is 84.9 Å². The van der Waals surface area contributed by atoms with E-state index in [2.05, 4.69) is 89.5 Å². The van der Waals surface area contributed by atoms with Crippen LogP contribution < -0.4 is 10.6 Å². The first kappa shape index (κ1) is 16.8. The van der Waals surface area contributed by atoms with Crippen molar-refractivity contribution in [1.29, 1.82) is 5.41 Å². The van der Waals surface area contributed by atoms with Crippen molar-refractivity contribution in [2.24, 2.45) is 0 Å². The maximum absolute atomic E-state index is 8.55. The first-order chi connectivity index (χ1) is 14.8. The van der Waals surface area contributed by atoms with Crippen LogP contribution in [0.2, 0.25) is 0 Å². The molecule has 5 aromatic rings. The Balaban J connectivity index is 1.35. The largest absolute Gasteiger partial charge is 0.326 e. The lowest BCUT2D eigenvalue weighted by Gasteiger charge is -2.15. The average Bonchev–Trinajstić information content (AvgIpc) is 3.21. The Morgan fingerprint density at radius 2 is 1.33 bits per heavy atom. The monoisotopic (exact) mass is 385 g/mol. The average molecular weight is 385 g/mol. The predicted octanol–water partition coefficient (Wildman–Crippen LogP) is 7.09. The predicted molar refractivity (Wildman–Crippen MR) is 129 cm³/mol. The van der Waals surface area contributed by atoms with Crippen molar-refractivity contribution in [3.05, 3.63) is 96.1 Å². The molecule has 0 aliphatic heterocycles. The topological polar surface area (TPSA) is 47.9 Å². The van der Waals surface area contributed by atoms with Crippen molar-refractivity contribution in [1.82, 2.24) is 0 Å². The van der Waals surface area contributed by atoms with E-state index in [4.69, 9.17) is 5.41 Å². The molecule has 5 aromatic carbocycles. The Bertz CT molecular complexity index is 1510. The van der Waals surface area contributed by atoms with Gasteiger partial charge in [-0.1, -0.05) is 72.8 Å². The van der Waals surface area contributed by atoms with E-state index in [-0.39, 0.29) is 5.96 Å². The Kier molecular flexibility index (Phi) is 3.62. The van der Waals surface area contributed by atoms with Crippen LogP contribution >= 0.6 is 0 Å². The van der Waals surface area contributed by atoms with Gasteiger partial charge in [-0.2, -0.15) is 0 Å². The van der Waals surface area contributed by atoms with Gasteiger partial charge in [0.2, 0.25) is 0 Å². The summed E-state index contributed by atoms with van der Waals surface area (Å²) in [6.45, 7) is 0. The molecule has 1 aliphatic rings. The zero-order chi connectivity index (χ0) is 20.1. The highest BCUT2D eigenvalue weighted by atomic mass is 15.1. The lowest BCUT2D eigenvalue weighted by Crippen LogP contribution is -2.21. The molecule has 0 saturated heterocycles. The van der Waals surface area contributed by atoms with Gasteiger partial charge in [-0.25, -0.2) is 0 Å². The third-order valence-electron chi connectivity index (χ3n) is 5.81. The van der Waals surface area contributed by atoms with Crippen LogP contribution in [0.1, 0.15) is 11.1 Å². The Morgan fingerprint density at radius 3 is 2.23 bits per heavy atom. The number of anilines is 2. The molecule has 0 aromatic heterocycles. The van der Waals surface area contributed by atoms with Crippen molar-refractivity contribution in [2.75, 3.05) is 10.6 Å². The van der Waals surface area contributed by atoms with Gasteiger partial charge in [0.05, 0.1) is 0 Å². The standard InChI is InChI=1S/C27H19N3/c28-27(30-25-14-12-18-8-3-7-17-11-13-22(25)26(17)18)29-24-10-4-9-21-15-19-5-1-2-6-20(19)16-23(21)24/h1-16H,(H3,28,29,30). The molecule has 30 heavy (non-hydrogen) atoms. The number of benzene rings is 5. The summed E-state index contributed by atoms with van der Waals surface area (Å²) >= 11 is 0. The van der Waals surface area contributed by atoms with Crippen LogP contribution in [0.25, 0.3) is 44.5 Å². The second-order valence-electron chi connectivity index (χ2n) is 7.66. The minimum Gasteiger partial charge on any atom is -0.326 e. The summed E-state index contributed by atoms with van der Waals surface area (Å²) in [5, 5.41) is 22.2. The molecular weight excluding hydrogens is 366 g/mol. The van der Waals surface area contributed by atoms with E-state index in [0.29, 0.717) is 0 Å². The van der Waals surface area contributed by atoms with Crippen LogP contribution in [0.3, 0.4) is 0 Å². The lowest BCUT2D eigenvalue weighted by atomic mass is 10.0. The van der Waals surface area contributed by atoms with Crippen LogP contribution in [-0.2, 0) is 0 Å². The highest BCUT2D eigenvalue weighted by molar-refractivity contribution is 6.14. The molecule has 3 heteroatoms. The van der Waals surface area contributed by atoms with Gasteiger partial charge in [0.1, 0.15) is 0 Å². The van der Waals surface area contributed by atoms with Gasteiger partial charge in [-0.05, 0) is 56.8 Å². The molecule has 0 saturated carbocycles. The zero-order valence-corrected chi connectivity index (χ0v) is 16.2. The van der Waals surface area contributed by atoms with E-state index < -0.39 is 0 Å². The molecule has 6 rings (SSSR count). The molecule has 3 nitrogen and oxygen atoms in total. The minimum absolute atomic E-state index is 0.254. The first-order valence-electron chi connectivity index (χ1n) is 10.0. The molecule has 1 aliphatic carbocycles. The summed E-state index contributed by atoms with van der Waals surface area (Å²) in [6.07, 6.45) is 4.26. The molecule has 0 unspecified atom stereocenters. The number of rotatable bonds is 2. The molecule has 0 radical (unpaired) electrons. The van der Waals surface area contributed by atoms with Gasteiger partial charge < -0.3 is 10.6 Å². The molecule has 0 spiro atoms. The molecule has 0 amide bonds. The van der Waals surface area contributed by atoms with E-state index in [1.54, 1.807) is 0 Å². The van der Waals surface area contributed by atoms with Gasteiger partial charge in [-0.3, -0.25) is 5.41 Å². The van der Waals surface area contributed by atoms with Crippen molar-refractivity contribution in [2.45, 2.75) is 0 Å². The number of nitrogens with one attached hydrogen (secondary N) is 3. The highest BCUT2D eigenvalue weighted by Gasteiger charge is 2.14. The molecule has 142 valence electrons. The van der Waals surface area contributed by atoms with E-state index >= 15 is 0 Å². The summed E-state index contributed by atoms with van der Waals surface area (Å²) < 4.78 is 0. The van der Waals surface area contributed by atoms with Crippen LogP contribution in [-0.4, -0.2) is 5.96 Å². The van der Waals surface area contributed by atoms with Crippen molar-refractivity contribution >= 4 is 61.8 Å². The van der Waals surface area contributed by atoms with Gasteiger partial charge in [-0.15, -0.1) is 0 Å². The first-order valence-corrected chi connectivity index (χ1v) is 10.0. The fourth-order valence-electron chi connectivity index (χ4n) is 4.41. The number of guanidine groups is 1. The molecule has 0 heterocycles. The van der Waals surface area contributed by atoms with Gasteiger partial charge in [0, 0.05) is 22.3 Å². The maximum atomic E-state index is 8.55. The van der Waals surface area contributed by atoms with E-state index in [9.17, 15) is 0 Å². The summed E-state index contributed by atoms with van der Waals surface area (Å²) in [4.78, 5) is 0. The van der Waals surface area contributed by atoms with E-state index in [1.807, 2.05) is 18.2 Å². The summed E-state index contributed by atoms with van der Waals surface area (Å²) in [5.41, 5.74) is 4.22. The van der Waals surface area contributed by atoms with Crippen LogP contribution in [0, 0.1) is 5.41 Å². The van der Waals surface area contributed by atoms with Crippen molar-refractivity contribution in [3.63, 3.8) is 0 Å². The van der Waals surface area contributed by atoms with Crippen LogP contribution in [0.4, 0.5) is 11.4 Å². The Hall–Kier alpha value is -4.11. The fourth-order valence-corrected chi connectivity index (χ4v) is 4.41. The zero-order valence-electron chi connectivity index (χ0n) is 16.2. The third kappa shape index (κ3) is 2.64. The highest BCUT2D eigenvalue weighted by Crippen LogP contribution is 2.36. The van der Waals surface area contributed by atoms with Crippen LogP contribution in [0.5, 0.6) is 0 Å². The van der Waals surface area contributed by atoms with Gasteiger partial charge >= 0.3 is 0 Å². The minimum atomic E-state index is 0.254. The SMILES string of the molecule is N=C(Nc1ccc2cccc3c2c1C=C3)Nc1cccc2cc3ccccc3cc12. The quantitative estimate of drug-likeness (QED) is 0.169. The summed E-state index contributed by atoms with van der Waals surface area (Å²) in [7, 11) is 0. The third-order valence-corrected chi connectivity index (χ3v) is 5.81. The molecule has 0 fully saturated rings. The van der Waals surface area contributed by atoms with Gasteiger partial charge in [0.25, 0.3) is 0 Å². The Morgan fingerprint density at radius 1 is 0.600 bits per heavy atom. The lowest BCUT2D eigenvalue weighted by molar-refractivity contribution is 1.44. The fraction of sp³-hybridized carbons (Fsp3) is 0. The second kappa shape index (κ2) is 6.46. The molecule has 3 N–H and O–H groups in total. The summed E-state index contributed by atoms with van der Waals surface area (Å²) in [5.74, 6) is 0.254. The number of hydrogen-bond acceptors (Lipinski definition) is 1. The maximum Gasteiger partial charge on any atom is 0.197 e. The van der Waals surface area contributed by atoms with Crippen molar-refractivity contribution < 1.29 is 0 Å². The molecule has 0 atom stereocenters. The molecular formula is C27H19N3. The van der Waals surface area contributed by atoms with E-state index in [1.165, 1.54) is 27.1 Å². The number of hydrogen-bond donors (Lipinski definition) is 3. The van der Waals surface area contributed by atoms with Gasteiger partial charge in [0.15, 0.2) is 5.96 Å². The molecule has 0 bridgehead atoms. The normalized spacial score (nSPS) is 12.0. The van der Waals surface area contributed by atoms with E-state index in [0.717, 1.165) is 27.7 Å². The van der Waals surface area contributed by atoms with Crippen molar-refractivity contribution in [3.8, 4) is 0 Å². The smallest absolute Gasteiger partial charge is 0.197 e. The Labute approximate surface area is 174 Å². The number of fused-ring (bicyclic) bond motifs is 2. The second-order valence-corrected chi connectivity index (χ2v) is 7.66.